The van der Waals surface area contributed by atoms with Crippen LogP contribution in [-0.4, -0.2) is 24.9 Å². The van der Waals surface area contributed by atoms with Crippen molar-refractivity contribution in [1.29, 1.82) is 5.26 Å². The van der Waals surface area contributed by atoms with Gasteiger partial charge >= 0.3 is 0 Å². The monoisotopic (exact) mass is 301 g/mol. The van der Waals surface area contributed by atoms with E-state index < -0.39 is 0 Å². The van der Waals surface area contributed by atoms with E-state index in [4.69, 9.17) is 5.26 Å². The Morgan fingerprint density at radius 2 is 2.09 bits per heavy atom. The molecule has 0 atom stereocenters. The van der Waals surface area contributed by atoms with Gasteiger partial charge in [0.25, 0.3) is 0 Å². The van der Waals surface area contributed by atoms with Gasteiger partial charge in [0.2, 0.25) is 11.8 Å². The van der Waals surface area contributed by atoms with E-state index in [0.29, 0.717) is 24.3 Å². The molecule has 0 radical (unpaired) electrons. The number of hydrogen-bond acceptors (Lipinski definition) is 3. The fourth-order valence-electron chi connectivity index (χ4n) is 2.12. The summed E-state index contributed by atoms with van der Waals surface area (Å²) >= 11 is 0. The van der Waals surface area contributed by atoms with Crippen molar-refractivity contribution in [3.05, 3.63) is 29.8 Å². The Bertz CT molecular complexity index is 549. The molecule has 1 aromatic carbocycles. The zero-order valence-electron chi connectivity index (χ0n) is 13.3. The van der Waals surface area contributed by atoms with E-state index in [1.54, 1.807) is 24.3 Å². The maximum absolute atomic E-state index is 11.8. The Morgan fingerprint density at radius 3 is 2.73 bits per heavy atom. The van der Waals surface area contributed by atoms with Crippen molar-refractivity contribution >= 4 is 17.5 Å². The highest BCUT2D eigenvalue weighted by Gasteiger charge is 2.13. The molecule has 0 saturated carbocycles. The number of amides is 2. The first kappa shape index (κ1) is 17.7. The third kappa shape index (κ3) is 5.96. The van der Waals surface area contributed by atoms with Crippen LogP contribution in [0.1, 0.15) is 45.1 Å². The molecule has 1 aromatic rings. The van der Waals surface area contributed by atoms with Crippen molar-refractivity contribution in [1.82, 2.24) is 5.32 Å². The number of rotatable bonds is 8. The van der Waals surface area contributed by atoms with E-state index in [2.05, 4.69) is 12.2 Å². The van der Waals surface area contributed by atoms with Crippen molar-refractivity contribution < 1.29 is 9.59 Å². The number of nitrogens with one attached hydrogen (secondary N) is 1. The second-order valence-electron chi connectivity index (χ2n) is 5.14. The lowest BCUT2D eigenvalue weighted by Crippen LogP contribution is -2.34. The number of hydrogen-bond donors (Lipinski definition) is 1. The summed E-state index contributed by atoms with van der Waals surface area (Å²) < 4.78 is 0. The molecule has 0 bridgehead atoms. The molecule has 1 N–H and O–H groups in total. The van der Waals surface area contributed by atoms with Crippen LogP contribution in [-0.2, 0) is 9.59 Å². The van der Waals surface area contributed by atoms with E-state index >= 15 is 0 Å². The van der Waals surface area contributed by atoms with Gasteiger partial charge in [-0.1, -0.05) is 25.8 Å². The lowest BCUT2D eigenvalue weighted by molar-refractivity contribution is -0.121. The van der Waals surface area contributed by atoms with E-state index in [-0.39, 0.29) is 18.2 Å². The Kier molecular flexibility index (Phi) is 7.69. The topological polar surface area (TPSA) is 73.2 Å². The van der Waals surface area contributed by atoms with E-state index in [0.717, 1.165) is 19.3 Å². The van der Waals surface area contributed by atoms with Gasteiger partial charge in [-0.05, 0) is 24.6 Å². The molecule has 0 fully saturated rings. The number of benzene rings is 1. The van der Waals surface area contributed by atoms with Crippen LogP contribution in [0, 0.1) is 11.3 Å². The molecule has 0 aliphatic carbocycles. The maximum Gasteiger partial charge on any atom is 0.223 e. The minimum Gasteiger partial charge on any atom is -0.356 e. The molecule has 2 amide bonds. The Hall–Kier alpha value is -2.35. The number of carbonyl (C=O) groups is 2. The second-order valence-corrected chi connectivity index (χ2v) is 5.14. The average molecular weight is 301 g/mol. The summed E-state index contributed by atoms with van der Waals surface area (Å²) in [4.78, 5) is 25.1. The largest absolute Gasteiger partial charge is 0.356 e. The lowest BCUT2D eigenvalue weighted by atomic mass is 10.2. The number of nitriles is 1. The van der Waals surface area contributed by atoms with E-state index in [9.17, 15) is 9.59 Å². The van der Waals surface area contributed by atoms with Crippen LogP contribution in [0.4, 0.5) is 5.69 Å². The van der Waals surface area contributed by atoms with Crippen molar-refractivity contribution in [2.75, 3.05) is 18.0 Å². The minimum absolute atomic E-state index is 0.0567. The molecule has 0 spiro atoms. The van der Waals surface area contributed by atoms with Crippen LogP contribution in [0.3, 0.4) is 0 Å². The van der Waals surface area contributed by atoms with Crippen LogP contribution >= 0.6 is 0 Å². The first-order valence-corrected chi connectivity index (χ1v) is 7.63. The van der Waals surface area contributed by atoms with Gasteiger partial charge in [0.05, 0.1) is 11.6 Å². The molecule has 5 nitrogen and oxygen atoms in total. The third-order valence-corrected chi connectivity index (χ3v) is 3.33. The highest BCUT2D eigenvalue weighted by Crippen LogP contribution is 2.16. The zero-order chi connectivity index (χ0) is 16.4. The van der Waals surface area contributed by atoms with Crippen LogP contribution in [0.5, 0.6) is 0 Å². The van der Waals surface area contributed by atoms with Gasteiger partial charge in [-0.3, -0.25) is 9.59 Å². The van der Waals surface area contributed by atoms with Gasteiger partial charge in [-0.15, -0.1) is 0 Å². The summed E-state index contributed by atoms with van der Waals surface area (Å²) in [6, 6.07) is 8.88. The average Bonchev–Trinajstić information content (AvgIpc) is 2.51. The predicted octanol–water partition coefficient (Wildman–Crippen LogP) is 2.61. The van der Waals surface area contributed by atoms with Crippen LogP contribution in [0.25, 0.3) is 0 Å². The van der Waals surface area contributed by atoms with E-state index in [1.807, 2.05) is 6.07 Å². The molecule has 0 saturated heterocycles. The van der Waals surface area contributed by atoms with E-state index in [1.165, 1.54) is 11.8 Å². The molecular formula is C17H23N3O2. The standard InChI is InChI=1S/C17H23N3O2/c1-3-4-5-10-19-17(22)9-11-20(14(2)21)16-8-6-7-15(12-16)13-18/h6-8,12H,3-5,9-11H2,1-2H3,(H,19,22). The normalized spacial score (nSPS) is 9.86. The number of nitrogens with zero attached hydrogens (tertiary/aromatic N) is 2. The number of anilines is 1. The smallest absolute Gasteiger partial charge is 0.223 e. The summed E-state index contributed by atoms with van der Waals surface area (Å²) in [7, 11) is 0. The molecule has 0 heterocycles. The van der Waals surface area contributed by atoms with Gasteiger partial charge in [-0.25, -0.2) is 0 Å². The molecule has 118 valence electrons. The van der Waals surface area contributed by atoms with Gasteiger partial charge < -0.3 is 10.2 Å². The predicted molar refractivity (Wildman–Crippen MR) is 86.3 cm³/mol. The van der Waals surface area contributed by atoms with Crippen molar-refractivity contribution in [2.24, 2.45) is 0 Å². The van der Waals surface area contributed by atoms with Crippen molar-refractivity contribution in [2.45, 2.75) is 39.5 Å². The molecule has 5 heteroatoms. The second kappa shape index (κ2) is 9.56. The molecule has 0 aliphatic rings. The number of carbonyl (C=O) groups excluding carboxylic acids is 2. The summed E-state index contributed by atoms with van der Waals surface area (Å²) in [6.07, 6.45) is 3.44. The molecule has 0 unspecified atom stereocenters. The van der Waals surface area contributed by atoms with Crippen molar-refractivity contribution in [3.8, 4) is 6.07 Å². The molecule has 0 aliphatic heterocycles. The molecule has 1 rings (SSSR count). The lowest BCUT2D eigenvalue weighted by Gasteiger charge is -2.21. The van der Waals surface area contributed by atoms with Crippen molar-refractivity contribution in [3.63, 3.8) is 0 Å². The van der Waals surface area contributed by atoms with Crippen LogP contribution in [0.2, 0.25) is 0 Å². The minimum atomic E-state index is -0.145. The molecule has 22 heavy (non-hydrogen) atoms. The summed E-state index contributed by atoms with van der Waals surface area (Å²) in [5.41, 5.74) is 1.14. The zero-order valence-corrected chi connectivity index (χ0v) is 13.3. The summed E-state index contributed by atoms with van der Waals surface area (Å²) in [5, 5.41) is 11.8. The first-order valence-electron chi connectivity index (χ1n) is 7.63. The SMILES string of the molecule is CCCCCNC(=O)CCN(C(C)=O)c1cccc(C#N)c1. The Morgan fingerprint density at radius 1 is 1.32 bits per heavy atom. The highest BCUT2D eigenvalue weighted by molar-refractivity contribution is 5.92. The van der Waals surface area contributed by atoms with Gasteiger partial charge in [0.15, 0.2) is 0 Å². The highest BCUT2D eigenvalue weighted by atomic mass is 16.2. The number of unbranched alkanes of at least 4 members (excludes halogenated alkanes) is 2. The maximum atomic E-state index is 11.8. The Labute approximate surface area is 131 Å². The van der Waals surface area contributed by atoms with Crippen LogP contribution in [0.15, 0.2) is 24.3 Å². The molecule has 0 aromatic heterocycles. The summed E-state index contributed by atoms with van der Waals surface area (Å²) in [6.45, 7) is 4.56. The van der Waals surface area contributed by atoms with Gasteiger partial charge in [0.1, 0.15) is 0 Å². The first-order chi connectivity index (χ1) is 10.6. The van der Waals surface area contributed by atoms with Gasteiger partial charge in [0, 0.05) is 32.1 Å². The quantitative estimate of drug-likeness (QED) is 0.750. The van der Waals surface area contributed by atoms with Crippen LogP contribution < -0.4 is 10.2 Å². The summed E-state index contributed by atoms with van der Waals surface area (Å²) in [5.74, 6) is -0.201. The Balaban J connectivity index is 2.56. The molecular weight excluding hydrogens is 278 g/mol. The fraction of sp³-hybridized carbons (Fsp3) is 0.471. The van der Waals surface area contributed by atoms with Gasteiger partial charge in [-0.2, -0.15) is 5.26 Å². The fourth-order valence-corrected chi connectivity index (χ4v) is 2.12. The third-order valence-electron chi connectivity index (χ3n) is 3.33.